The number of aromatic hydroxyl groups is 1. The maximum atomic E-state index is 12.0. The molecule has 0 aliphatic heterocycles. The van der Waals surface area contributed by atoms with Crippen molar-refractivity contribution in [3.05, 3.63) is 24.0 Å². The zero-order valence-electron chi connectivity index (χ0n) is 11.7. The molecule has 0 spiro atoms. The molecule has 2 N–H and O–H groups in total. The summed E-state index contributed by atoms with van der Waals surface area (Å²) in [7, 11) is 0. The number of pyridine rings is 1. The van der Waals surface area contributed by atoms with Gasteiger partial charge in [0.25, 0.3) is 5.91 Å². The van der Waals surface area contributed by atoms with E-state index in [0.717, 1.165) is 6.20 Å². The first-order valence-electron chi connectivity index (χ1n) is 6.28. The van der Waals surface area contributed by atoms with Gasteiger partial charge in [-0.25, -0.2) is 9.59 Å². The molecule has 0 fully saturated rings. The molecule has 0 aliphatic rings. The van der Waals surface area contributed by atoms with Crippen molar-refractivity contribution in [3.8, 4) is 5.75 Å². The van der Waals surface area contributed by atoms with Gasteiger partial charge in [-0.05, 0) is 19.9 Å². The van der Waals surface area contributed by atoms with Crippen LogP contribution in [0.3, 0.4) is 0 Å². The number of hydrogen-bond acceptors (Lipinski definition) is 7. The lowest BCUT2D eigenvalue weighted by Gasteiger charge is -2.16. The highest BCUT2D eigenvalue weighted by atomic mass is 16.6. The monoisotopic (exact) mass is 296 g/mol. The third kappa shape index (κ3) is 4.44. The number of carbonyl (C=O) groups excluding carboxylic acids is 3. The van der Waals surface area contributed by atoms with E-state index in [0.29, 0.717) is 0 Å². The molecule has 0 atom stereocenters. The standard InChI is InChI=1S/C13H16N2O6/c1-3-20-12(18)10(13(19)21-4-2)15-11(17)8-5-6-14-7-9(8)16/h5-7,10,16H,3-4H2,1-2H3,(H,15,17). The number of aromatic nitrogens is 1. The van der Waals surface area contributed by atoms with Crippen LogP contribution in [0, 0.1) is 0 Å². The number of nitrogens with one attached hydrogen (secondary N) is 1. The van der Waals surface area contributed by atoms with Gasteiger partial charge in [0.15, 0.2) is 0 Å². The molecule has 114 valence electrons. The third-order valence-electron chi connectivity index (χ3n) is 2.36. The molecule has 0 saturated carbocycles. The zero-order chi connectivity index (χ0) is 15.8. The molecule has 1 aromatic heterocycles. The van der Waals surface area contributed by atoms with Crippen molar-refractivity contribution in [1.29, 1.82) is 0 Å². The van der Waals surface area contributed by atoms with E-state index in [1.165, 1.54) is 12.3 Å². The fourth-order valence-corrected chi connectivity index (χ4v) is 1.45. The van der Waals surface area contributed by atoms with Crippen LogP contribution in [0.25, 0.3) is 0 Å². The maximum absolute atomic E-state index is 12.0. The van der Waals surface area contributed by atoms with Crippen LogP contribution in [0.4, 0.5) is 0 Å². The molecule has 0 bridgehead atoms. The van der Waals surface area contributed by atoms with Crippen LogP contribution >= 0.6 is 0 Å². The van der Waals surface area contributed by atoms with Crippen LogP contribution in [0.1, 0.15) is 24.2 Å². The SMILES string of the molecule is CCOC(=O)C(NC(=O)c1ccncc1O)C(=O)OCC. The van der Waals surface area contributed by atoms with E-state index < -0.39 is 23.9 Å². The Kier molecular flexibility index (Phi) is 6.12. The number of ether oxygens (including phenoxy) is 2. The number of nitrogens with zero attached hydrogens (tertiary/aromatic N) is 1. The maximum Gasteiger partial charge on any atom is 0.340 e. The Hall–Kier alpha value is -2.64. The minimum absolute atomic E-state index is 0.0467. The molecule has 1 amide bonds. The van der Waals surface area contributed by atoms with Gasteiger partial charge < -0.3 is 19.9 Å². The second-order valence-corrected chi connectivity index (χ2v) is 3.80. The number of hydrogen-bond donors (Lipinski definition) is 2. The van der Waals surface area contributed by atoms with Gasteiger partial charge in [-0.15, -0.1) is 0 Å². The van der Waals surface area contributed by atoms with Gasteiger partial charge in [0.05, 0.1) is 25.0 Å². The van der Waals surface area contributed by atoms with Crippen LogP contribution in [0.15, 0.2) is 18.5 Å². The van der Waals surface area contributed by atoms with Crippen molar-refractivity contribution in [2.24, 2.45) is 0 Å². The van der Waals surface area contributed by atoms with Gasteiger partial charge >= 0.3 is 11.9 Å². The summed E-state index contributed by atoms with van der Waals surface area (Å²) in [6.07, 6.45) is 2.36. The summed E-state index contributed by atoms with van der Waals surface area (Å²) in [4.78, 5) is 39.0. The van der Waals surface area contributed by atoms with E-state index in [-0.39, 0.29) is 24.5 Å². The predicted molar refractivity (Wildman–Crippen MR) is 70.4 cm³/mol. The van der Waals surface area contributed by atoms with E-state index >= 15 is 0 Å². The molecule has 1 aromatic rings. The van der Waals surface area contributed by atoms with Gasteiger partial charge in [0, 0.05) is 6.20 Å². The van der Waals surface area contributed by atoms with E-state index in [9.17, 15) is 19.5 Å². The summed E-state index contributed by atoms with van der Waals surface area (Å²) < 4.78 is 9.42. The molecule has 8 nitrogen and oxygen atoms in total. The van der Waals surface area contributed by atoms with Crippen molar-refractivity contribution >= 4 is 17.8 Å². The smallest absolute Gasteiger partial charge is 0.340 e. The Balaban J connectivity index is 2.90. The van der Waals surface area contributed by atoms with Gasteiger partial charge in [0.2, 0.25) is 6.04 Å². The molecule has 1 rings (SSSR count). The Morgan fingerprint density at radius 3 is 2.29 bits per heavy atom. The molecule has 21 heavy (non-hydrogen) atoms. The van der Waals surface area contributed by atoms with Crippen LogP contribution in [-0.4, -0.2) is 47.2 Å². The highest BCUT2D eigenvalue weighted by Gasteiger charge is 2.32. The van der Waals surface area contributed by atoms with Gasteiger partial charge in [-0.1, -0.05) is 0 Å². The van der Waals surface area contributed by atoms with E-state index in [1.807, 2.05) is 0 Å². The summed E-state index contributed by atoms with van der Waals surface area (Å²) in [5.41, 5.74) is -0.122. The molecule has 0 radical (unpaired) electrons. The average molecular weight is 296 g/mol. The Morgan fingerprint density at radius 1 is 1.24 bits per heavy atom. The summed E-state index contributed by atoms with van der Waals surface area (Å²) >= 11 is 0. The predicted octanol–water partition coefficient (Wildman–Crippen LogP) is 0.0118. The van der Waals surface area contributed by atoms with Crippen molar-refractivity contribution in [2.45, 2.75) is 19.9 Å². The Bertz CT molecular complexity index is 513. The summed E-state index contributed by atoms with van der Waals surface area (Å²) in [6.45, 7) is 3.23. The van der Waals surface area contributed by atoms with Crippen LogP contribution < -0.4 is 5.32 Å². The summed E-state index contributed by atoms with van der Waals surface area (Å²) in [5.74, 6) is -3.06. The molecule has 1 heterocycles. The van der Waals surface area contributed by atoms with Crippen molar-refractivity contribution in [2.75, 3.05) is 13.2 Å². The van der Waals surface area contributed by atoms with Crippen molar-refractivity contribution < 1.29 is 29.0 Å². The highest BCUT2D eigenvalue weighted by molar-refractivity contribution is 6.06. The fraction of sp³-hybridized carbons (Fsp3) is 0.385. The quantitative estimate of drug-likeness (QED) is 0.561. The van der Waals surface area contributed by atoms with Crippen molar-refractivity contribution in [3.63, 3.8) is 0 Å². The molecule has 8 heteroatoms. The number of esters is 2. The first kappa shape index (κ1) is 16.4. The molecule has 0 unspecified atom stereocenters. The first-order valence-corrected chi connectivity index (χ1v) is 6.28. The van der Waals surface area contributed by atoms with Gasteiger partial charge in [0.1, 0.15) is 5.75 Å². The Morgan fingerprint density at radius 2 is 1.81 bits per heavy atom. The van der Waals surface area contributed by atoms with Crippen LogP contribution in [0.5, 0.6) is 5.75 Å². The van der Waals surface area contributed by atoms with Gasteiger partial charge in [-0.2, -0.15) is 0 Å². The minimum atomic E-state index is -1.59. The number of carbonyl (C=O) groups is 3. The van der Waals surface area contributed by atoms with E-state index in [2.05, 4.69) is 10.3 Å². The number of amides is 1. The highest BCUT2D eigenvalue weighted by Crippen LogP contribution is 2.13. The summed E-state index contributed by atoms with van der Waals surface area (Å²) in [5, 5.41) is 11.7. The second kappa shape index (κ2) is 7.83. The Labute approximate surface area is 121 Å². The molecule has 0 saturated heterocycles. The van der Waals surface area contributed by atoms with Crippen molar-refractivity contribution in [1.82, 2.24) is 10.3 Å². The lowest BCUT2D eigenvalue weighted by atomic mass is 10.2. The largest absolute Gasteiger partial charge is 0.505 e. The normalized spacial score (nSPS) is 10.0. The number of rotatable bonds is 6. The average Bonchev–Trinajstić information content (AvgIpc) is 2.45. The first-order chi connectivity index (χ1) is 10.0. The molecular formula is C13H16N2O6. The van der Waals surface area contributed by atoms with Crippen LogP contribution in [0.2, 0.25) is 0 Å². The summed E-state index contributed by atoms with van der Waals surface area (Å²) in [6, 6.07) is -0.345. The minimum Gasteiger partial charge on any atom is -0.505 e. The second-order valence-electron chi connectivity index (χ2n) is 3.80. The third-order valence-corrected chi connectivity index (χ3v) is 2.36. The topological polar surface area (TPSA) is 115 Å². The zero-order valence-corrected chi connectivity index (χ0v) is 11.7. The van der Waals surface area contributed by atoms with Crippen LogP contribution in [-0.2, 0) is 19.1 Å². The van der Waals surface area contributed by atoms with E-state index in [1.54, 1.807) is 13.8 Å². The fourth-order valence-electron chi connectivity index (χ4n) is 1.45. The van der Waals surface area contributed by atoms with Gasteiger partial charge in [-0.3, -0.25) is 9.78 Å². The van der Waals surface area contributed by atoms with E-state index in [4.69, 9.17) is 9.47 Å². The molecule has 0 aromatic carbocycles. The molecule has 0 aliphatic carbocycles. The lowest BCUT2D eigenvalue weighted by Crippen LogP contribution is -2.48. The lowest BCUT2D eigenvalue weighted by molar-refractivity contribution is -0.157. The molecular weight excluding hydrogens is 280 g/mol.